The lowest BCUT2D eigenvalue weighted by atomic mass is 9.89. The lowest BCUT2D eigenvalue weighted by Crippen LogP contribution is -2.39. The minimum atomic E-state index is -0.549. The van der Waals surface area contributed by atoms with Crippen LogP contribution in [0.3, 0.4) is 0 Å². The Labute approximate surface area is 113 Å². The molecule has 2 N–H and O–H groups in total. The first-order valence-electron chi connectivity index (χ1n) is 5.95. The van der Waals surface area contributed by atoms with Gasteiger partial charge in [0.2, 0.25) is 0 Å². The molecule has 1 unspecified atom stereocenters. The number of hydrogen-bond acceptors (Lipinski definition) is 3. The predicted octanol–water partition coefficient (Wildman–Crippen LogP) is 2.55. The standard InChI is InChI=1S/C14H21NO2S/c1-14(2,3)12(16)9-15-13(17)10-5-7-11(18-4)8-6-10/h5-8,12,16H,9H2,1-4H3,(H,15,17). The van der Waals surface area contributed by atoms with E-state index in [0.717, 1.165) is 4.90 Å². The van der Waals surface area contributed by atoms with E-state index in [4.69, 9.17) is 0 Å². The van der Waals surface area contributed by atoms with Crippen LogP contribution in [0.15, 0.2) is 29.2 Å². The summed E-state index contributed by atoms with van der Waals surface area (Å²) in [5.74, 6) is -0.147. The van der Waals surface area contributed by atoms with Crippen LogP contribution in [-0.2, 0) is 0 Å². The van der Waals surface area contributed by atoms with E-state index in [2.05, 4.69) is 5.32 Å². The van der Waals surface area contributed by atoms with E-state index in [-0.39, 0.29) is 17.9 Å². The van der Waals surface area contributed by atoms with Crippen LogP contribution in [0, 0.1) is 5.41 Å². The molecule has 0 bridgehead atoms. The summed E-state index contributed by atoms with van der Waals surface area (Å²) in [5, 5.41) is 12.6. The van der Waals surface area contributed by atoms with Crippen LogP contribution < -0.4 is 5.32 Å². The van der Waals surface area contributed by atoms with Crippen molar-refractivity contribution in [2.75, 3.05) is 12.8 Å². The van der Waals surface area contributed by atoms with Crippen molar-refractivity contribution in [1.82, 2.24) is 5.32 Å². The Balaban J connectivity index is 2.55. The molecule has 0 radical (unpaired) electrons. The molecule has 0 heterocycles. The highest BCUT2D eigenvalue weighted by Crippen LogP contribution is 2.18. The molecule has 4 heteroatoms. The number of carbonyl (C=O) groups excluding carboxylic acids is 1. The number of rotatable bonds is 4. The third-order valence-corrected chi connectivity index (χ3v) is 3.55. The maximum absolute atomic E-state index is 11.8. The molecule has 3 nitrogen and oxygen atoms in total. The Morgan fingerprint density at radius 3 is 2.33 bits per heavy atom. The van der Waals surface area contributed by atoms with Crippen LogP contribution >= 0.6 is 11.8 Å². The summed E-state index contributed by atoms with van der Waals surface area (Å²) < 4.78 is 0. The molecule has 0 saturated carbocycles. The molecule has 0 fully saturated rings. The maximum atomic E-state index is 11.8. The fourth-order valence-electron chi connectivity index (χ4n) is 1.34. The number of hydrogen-bond donors (Lipinski definition) is 2. The lowest BCUT2D eigenvalue weighted by molar-refractivity contribution is 0.0587. The SMILES string of the molecule is CSc1ccc(C(=O)NCC(O)C(C)(C)C)cc1. The van der Waals surface area contributed by atoms with Crippen LogP contribution in [-0.4, -0.2) is 29.9 Å². The van der Waals surface area contributed by atoms with Gasteiger partial charge in [0, 0.05) is 17.0 Å². The van der Waals surface area contributed by atoms with Crippen LogP contribution in [0.5, 0.6) is 0 Å². The first-order chi connectivity index (χ1) is 8.34. The van der Waals surface area contributed by atoms with Gasteiger partial charge in [-0.2, -0.15) is 0 Å². The zero-order chi connectivity index (χ0) is 13.8. The van der Waals surface area contributed by atoms with E-state index in [1.165, 1.54) is 0 Å². The Hall–Kier alpha value is -1.00. The average Bonchev–Trinajstić information content (AvgIpc) is 2.34. The fourth-order valence-corrected chi connectivity index (χ4v) is 1.75. The summed E-state index contributed by atoms with van der Waals surface area (Å²) in [5.41, 5.74) is 0.393. The molecule has 0 aliphatic carbocycles. The van der Waals surface area contributed by atoms with Crippen molar-refractivity contribution in [2.24, 2.45) is 5.41 Å². The van der Waals surface area contributed by atoms with E-state index in [1.54, 1.807) is 23.9 Å². The summed E-state index contributed by atoms with van der Waals surface area (Å²) in [6.45, 7) is 6.10. The van der Waals surface area contributed by atoms with E-state index in [1.807, 2.05) is 39.2 Å². The minimum absolute atomic E-state index is 0.147. The normalized spacial score (nSPS) is 13.2. The van der Waals surface area contributed by atoms with Crippen LogP contribution in [0.4, 0.5) is 0 Å². The summed E-state index contributed by atoms with van der Waals surface area (Å²) in [4.78, 5) is 13.0. The third kappa shape index (κ3) is 4.35. The van der Waals surface area contributed by atoms with Crippen molar-refractivity contribution in [3.8, 4) is 0 Å². The zero-order valence-corrected chi connectivity index (χ0v) is 12.2. The number of carbonyl (C=O) groups is 1. The number of thioether (sulfide) groups is 1. The highest BCUT2D eigenvalue weighted by molar-refractivity contribution is 7.98. The van der Waals surface area contributed by atoms with Gasteiger partial charge in [0.25, 0.3) is 5.91 Å². The zero-order valence-electron chi connectivity index (χ0n) is 11.4. The van der Waals surface area contributed by atoms with Crippen molar-refractivity contribution >= 4 is 17.7 Å². The van der Waals surface area contributed by atoms with Gasteiger partial charge in [0.1, 0.15) is 0 Å². The summed E-state index contributed by atoms with van der Waals surface area (Å²) in [6, 6.07) is 7.43. The Kier molecular flexibility index (Phi) is 5.23. The maximum Gasteiger partial charge on any atom is 0.251 e. The van der Waals surface area contributed by atoms with E-state index < -0.39 is 6.10 Å². The number of benzene rings is 1. The van der Waals surface area contributed by atoms with Gasteiger partial charge in [0.05, 0.1) is 6.10 Å². The van der Waals surface area contributed by atoms with Gasteiger partial charge >= 0.3 is 0 Å². The van der Waals surface area contributed by atoms with Crippen molar-refractivity contribution in [3.05, 3.63) is 29.8 Å². The largest absolute Gasteiger partial charge is 0.391 e. The smallest absolute Gasteiger partial charge is 0.251 e. The fraction of sp³-hybridized carbons (Fsp3) is 0.500. The average molecular weight is 267 g/mol. The van der Waals surface area contributed by atoms with E-state index in [0.29, 0.717) is 5.56 Å². The van der Waals surface area contributed by atoms with E-state index in [9.17, 15) is 9.90 Å². The molecular weight excluding hydrogens is 246 g/mol. The minimum Gasteiger partial charge on any atom is -0.391 e. The third-order valence-electron chi connectivity index (χ3n) is 2.81. The first-order valence-corrected chi connectivity index (χ1v) is 7.17. The quantitative estimate of drug-likeness (QED) is 0.824. The highest BCUT2D eigenvalue weighted by atomic mass is 32.2. The van der Waals surface area contributed by atoms with Gasteiger partial charge in [-0.25, -0.2) is 0 Å². The Morgan fingerprint density at radius 1 is 1.33 bits per heavy atom. The van der Waals surface area contributed by atoms with Crippen LogP contribution in [0.2, 0.25) is 0 Å². The van der Waals surface area contributed by atoms with Crippen molar-refractivity contribution in [1.29, 1.82) is 0 Å². The van der Waals surface area contributed by atoms with Gasteiger partial charge in [0.15, 0.2) is 0 Å². The monoisotopic (exact) mass is 267 g/mol. The lowest BCUT2D eigenvalue weighted by Gasteiger charge is -2.25. The summed E-state index contributed by atoms with van der Waals surface area (Å²) in [7, 11) is 0. The molecular formula is C14H21NO2S. The summed E-state index contributed by atoms with van der Waals surface area (Å²) >= 11 is 1.64. The topological polar surface area (TPSA) is 49.3 Å². The van der Waals surface area contributed by atoms with Gasteiger partial charge in [-0.05, 0) is 35.9 Å². The molecule has 18 heavy (non-hydrogen) atoms. The molecule has 0 spiro atoms. The van der Waals surface area contributed by atoms with Crippen LogP contribution in [0.25, 0.3) is 0 Å². The van der Waals surface area contributed by atoms with E-state index >= 15 is 0 Å². The van der Waals surface area contributed by atoms with Crippen molar-refractivity contribution in [3.63, 3.8) is 0 Å². The first kappa shape index (κ1) is 15.1. The van der Waals surface area contributed by atoms with Gasteiger partial charge in [-0.3, -0.25) is 4.79 Å². The summed E-state index contributed by atoms with van der Waals surface area (Å²) in [6.07, 6.45) is 1.45. The molecule has 0 aliphatic rings. The van der Waals surface area contributed by atoms with Crippen LogP contribution in [0.1, 0.15) is 31.1 Å². The molecule has 1 aromatic carbocycles. The molecule has 100 valence electrons. The molecule has 1 rings (SSSR count). The molecule has 1 amide bonds. The number of aliphatic hydroxyl groups is 1. The molecule has 0 aliphatic heterocycles. The number of nitrogens with one attached hydrogen (secondary N) is 1. The molecule has 0 saturated heterocycles. The van der Waals surface area contributed by atoms with Crippen molar-refractivity contribution < 1.29 is 9.90 Å². The molecule has 1 atom stereocenters. The second-order valence-electron chi connectivity index (χ2n) is 5.32. The Morgan fingerprint density at radius 2 is 1.89 bits per heavy atom. The van der Waals surface area contributed by atoms with Gasteiger partial charge in [-0.1, -0.05) is 20.8 Å². The number of aliphatic hydroxyl groups excluding tert-OH is 1. The van der Waals surface area contributed by atoms with Gasteiger partial charge in [-0.15, -0.1) is 11.8 Å². The second-order valence-corrected chi connectivity index (χ2v) is 6.20. The number of amides is 1. The van der Waals surface area contributed by atoms with Crippen molar-refractivity contribution in [2.45, 2.75) is 31.8 Å². The predicted molar refractivity (Wildman–Crippen MR) is 76.0 cm³/mol. The second kappa shape index (κ2) is 6.25. The Bertz CT molecular complexity index is 395. The molecule has 0 aromatic heterocycles. The van der Waals surface area contributed by atoms with Gasteiger partial charge < -0.3 is 10.4 Å². The highest BCUT2D eigenvalue weighted by Gasteiger charge is 2.22. The molecule has 1 aromatic rings.